The summed E-state index contributed by atoms with van der Waals surface area (Å²) >= 11 is 2.97. The number of thiazole rings is 1. The molecule has 2 aliphatic rings. The van der Waals surface area contributed by atoms with Crippen molar-refractivity contribution in [1.82, 2.24) is 14.2 Å². The first-order valence-corrected chi connectivity index (χ1v) is 15.7. The van der Waals surface area contributed by atoms with Gasteiger partial charge in [-0.2, -0.15) is 4.31 Å². The van der Waals surface area contributed by atoms with Crippen LogP contribution in [0.15, 0.2) is 53.4 Å². The van der Waals surface area contributed by atoms with E-state index in [1.165, 1.54) is 47.0 Å². The highest BCUT2D eigenvalue weighted by Gasteiger charge is 2.30. The van der Waals surface area contributed by atoms with Crippen molar-refractivity contribution in [2.75, 3.05) is 45.3 Å². The van der Waals surface area contributed by atoms with E-state index in [1.807, 2.05) is 24.3 Å². The number of carbonyl (C=O) groups is 2. The van der Waals surface area contributed by atoms with Gasteiger partial charge in [0.25, 0.3) is 5.91 Å². The lowest BCUT2D eigenvalue weighted by molar-refractivity contribution is 0.0730. The number of methoxy groups -OCH3 is 1. The summed E-state index contributed by atoms with van der Waals surface area (Å²) in [6, 6.07) is 13.8. The molecule has 0 unspecified atom stereocenters. The number of hydrogen-bond acceptors (Lipinski definition) is 9. The Bertz CT molecular complexity index is 1660. The summed E-state index contributed by atoms with van der Waals surface area (Å²) in [7, 11) is -2.30. The van der Waals surface area contributed by atoms with Crippen molar-refractivity contribution >= 4 is 59.9 Å². The maximum Gasteiger partial charge on any atom is 0.409 e. The summed E-state index contributed by atoms with van der Waals surface area (Å²) in [5.74, 6) is -0.360. The number of nitrogens with zero attached hydrogens (tertiary/aromatic N) is 3. The fourth-order valence-electron chi connectivity index (χ4n) is 4.87. The Morgan fingerprint density at radius 3 is 2.50 bits per heavy atom. The van der Waals surface area contributed by atoms with Crippen LogP contribution in [0.2, 0.25) is 0 Å². The van der Waals surface area contributed by atoms with E-state index in [-0.39, 0.29) is 10.8 Å². The quantitative estimate of drug-likeness (QED) is 0.361. The monoisotopic (exact) mass is 598 g/mol. The van der Waals surface area contributed by atoms with Gasteiger partial charge in [0.2, 0.25) is 10.0 Å². The topological polar surface area (TPSA) is 118 Å². The maximum atomic E-state index is 13.4. The molecule has 2 amide bonds. The second-order valence-electron chi connectivity index (χ2n) is 9.33. The summed E-state index contributed by atoms with van der Waals surface area (Å²) in [6.45, 7) is 2.21. The van der Waals surface area contributed by atoms with Gasteiger partial charge < -0.3 is 19.7 Å². The van der Waals surface area contributed by atoms with Crippen LogP contribution in [0, 0.1) is 0 Å². The SMILES string of the molecule is COC(=O)N1CCc2c(sc(NC(=O)c3ccc(S(=O)(=O)N4CCOCC4)cc3)c2-c2nc3ccccc3s2)C1. The Morgan fingerprint density at radius 1 is 1.02 bits per heavy atom. The zero-order chi connectivity index (χ0) is 27.9. The molecule has 0 saturated carbocycles. The number of rotatable bonds is 5. The highest BCUT2D eigenvalue weighted by atomic mass is 32.2. The molecule has 2 aromatic heterocycles. The minimum absolute atomic E-state index is 0.135. The van der Waals surface area contributed by atoms with Gasteiger partial charge >= 0.3 is 6.09 Å². The standard InChI is InChI=1S/C27H26N4O6S3/c1-36-27(33)30-11-10-19-22(16-30)39-26(23(19)25-28-20-4-2-3-5-21(20)38-25)29-24(32)17-6-8-18(9-7-17)40(34,35)31-12-14-37-15-13-31/h2-9H,10-16H2,1H3,(H,29,32). The van der Waals surface area contributed by atoms with Gasteiger partial charge in [-0.05, 0) is 48.4 Å². The number of amides is 2. The van der Waals surface area contributed by atoms with Crippen molar-refractivity contribution in [3.63, 3.8) is 0 Å². The van der Waals surface area contributed by atoms with Crippen molar-refractivity contribution in [1.29, 1.82) is 0 Å². The average molecular weight is 599 g/mol. The summed E-state index contributed by atoms with van der Waals surface area (Å²) in [5, 5.41) is 4.48. The second kappa shape index (κ2) is 10.9. The van der Waals surface area contributed by atoms with Gasteiger partial charge in [-0.3, -0.25) is 4.79 Å². The Labute approximate surface area is 239 Å². The number of aromatic nitrogens is 1. The Morgan fingerprint density at radius 2 is 1.77 bits per heavy atom. The zero-order valence-corrected chi connectivity index (χ0v) is 24.0. The van der Waals surface area contributed by atoms with E-state index in [0.29, 0.717) is 56.4 Å². The largest absolute Gasteiger partial charge is 0.453 e. The summed E-state index contributed by atoms with van der Waals surface area (Å²) in [6.07, 6.45) is 0.217. The van der Waals surface area contributed by atoms with Crippen LogP contribution in [-0.4, -0.2) is 74.6 Å². The Kier molecular flexibility index (Phi) is 7.31. The van der Waals surface area contributed by atoms with Crippen LogP contribution in [0.5, 0.6) is 0 Å². The lowest BCUT2D eigenvalue weighted by atomic mass is 10.0. The summed E-state index contributed by atoms with van der Waals surface area (Å²) in [4.78, 5) is 33.2. The Hall–Kier alpha value is -3.36. The highest BCUT2D eigenvalue weighted by molar-refractivity contribution is 7.89. The molecule has 0 spiro atoms. The molecule has 2 aromatic carbocycles. The number of ether oxygens (including phenoxy) is 2. The fraction of sp³-hybridized carbons (Fsp3) is 0.296. The van der Waals surface area contributed by atoms with E-state index in [1.54, 1.807) is 16.2 Å². The number of carbonyl (C=O) groups excluding carboxylic acids is 2. The third kappa shape index (κ3) is 4.99. The number of nitrogens with one attached hydrogen (secondary N) is 1. The molecule has 10 nitrogen and oxygen atoms in total. The normalized spacial score (nSPS) is 16.1. The van der Waals surface area contributed by atoms with Crippen molar-refractivity contribution in [3.05, 3.63) is 64.5 Å². The molecule has 4 heterocycles. The number of benzene rings is 2. The summed E-state index contributed by atoms with van der Waals surface area (Å²) in [5.41, 5.74) is 3.14. The van der Waals surface area contributed by atoms with Crippen LogP contribution < -0.4 is 5.32 Å². The van der Waals surface area contributed by atoms with Gasteiger partial charge in [-0.1, -0.05) is 12.1 Å². The van der Waals surface area contributed by atoms with Gasteiger partial charge in [0.15, 0.2) is 0 Å². The van der Waals surface area contributed by atoms with Crippen molar-refractivity contribution < 1.29 is 27.5 Å². The molecule has 6 rings (SSSR count). The van der Waals surface area contributed by atoms with Crippen LogP contribution in [0.3, 0.4) is 0 Å². The molecule has 0 bridgehead atoms. The van der Waals surface area contributed by atoms with E-state index in [4.69, 9.17) is 14.5 Å². The van der Waals surface area contributed by atoms with Gasteiger partial charge in [-0.25, -0.2) is 18.2 Å². The maximum absolute atomic E-state index is 13.4. The molecule has 1 saturated heterocycles. The molecule has 208 valence electrons. The number of sulfonamides is 1. The van der Waals surface area contributed by atoms with E-state index in [2.05, 4.69) is 5.32 Å². The molecule has 1 fully saturated rings. The molecular weight excluding hydrogens is 573 g/mol. The molecular formula is C27H26N4O6S3. The van der Waals surface area contributed by atoms with Crippen LogP contribution in [0.25, 0.3) is 20.8 Å². The minimum Gasteiger partial charge on any atom is -0.453 e. The van der Waals surface area contributed by atoms with Crippen LogP contribution in [0.4, 0.5) is 9.80 Å². The van der Waals surface area contributed by atoms with E-state index in [0.717, 1.165) is 31.2 Å². The van der Waals surface area contributed by atoms with E-state index in [9.17, 15) is 18.0 Å². The van der Waals surface area contributed by atoms with Gasteiger partial charge in [-0.15, -0.1) is 22.7 Å². The third-order valence-corrected chi connectivity index (χ3v) is 11.0. The highest BCUT2D eigenvalue weighted by Crippen LogP contribution is 2.46. The number of hydrogen-bond donors (Lipinski definition) is 1. The third-order valence-electron chi connectivity index (χ3n) is 6.95. The molecule has 2 aliphatic heterocycles. The van der Waals surface area contributed by atoms with Crippen LogP contribution in [-0.2, 0) is 32.5 Å². The number of anilines is 1. The van der Waals surface area contributed by atoms with Gasteiger partial charge in [0.05, 0.1) is 42.0 Å². The number of thiophene rings is 1. The van der Waals surface area contributed by atoms with Crippen LogP contribution in [0.1, 0.15) is 20.8 Å². The average Bonchev–Trinajstić information content (AvgIpc) is 3.57. The first-order chi connectivity index (χ1) is 19.3. The van der Waals surface area contributed by atoms with E-state index >= 15 is 0 Å². The Balaban J connectivity index is 1.31. The fourth-order valence-corrected chi connectivity index (χ4v) is 8.65. The smallest absolute Gasteiger partial charge is 0.409 e. The van der Waals surface area contributed by atoms with Crippen molar-refractivity contribution in [3.8, 4) is 10.6 Å². The molecule has 13 heteroatoms. The number of para-hydroxylation sites is 1. The predicted molar refractivity (Wildman–Crippen MR) is 153 cm³/mol. The van der Waals surface area contributed by atoms with E-state index < -0.39 is 16.1 Å². The number of morpholine rings is 1. The van der Waals surface area contributed by atoms with Crippen molar-refractivity contribution in [2.24, 2.45) is 0 Å². The lowest BCUT2D eigenvalue weighted by Gasteiger charge is -2.26. The molecule has 4 aromatic rings. The van der Waals surface area contributed by atoms with Crippen molar-refractivity contribution in [2.45, 2.75) is 17.9 Å². The predicted octanol–water partition coefficient (Wildman–Crippen LogP) is 4.42. The minimum atomic E-state index is -3.66. The lowest BCUT2D eigenvalue weighted by Crippen LogP contribution is -2.40. The molecule has 1 N–H and O–H groups in total. The van der Waals surface area contributed by atoms with Gasteiger partial charge in [0, 0.05) is 35.6 Å². The zero-order valence-electron chi connectivity index (χ0n) is 21.6. The number of fused-ring (bicyclic) bond motifs is 2. The molecule has 0 aliphatic carbocycles. The first-order valence-electron chi connectivity index (χ1n) is 12.7. The molecule has 0 radical (unpaired) electrons. The van der Waals surface area contributed by atoms with Crippen LogP contribution >= 0.6 is 22.7 Å². The second-order valence-corrected chi connectivity index (χ2v) is 13.4. The summed E-state index contributed by atoms with van der Waals surface area (Å²) < 4.78 is 38.6. The molecule has 0 atom stereocenters. The first kappa shape index (κ1) is 26.8. The molecule has 40 heavy (non-hydrogen) atoms. The van der Waals surface area contributed by atoms with Gasteiger partial charge in [0.1, 0.15) is 10.0 Å².